The van der Waals surface area contributed by atoms with Gasteiger partial charge in [-0.15, -0.1) is 0 Å². The monoisotopic (exact) mass is 738 g/mol. The summed E-state index contributed by atoms with van der Waals surface area (Å²) in [7, 11) is 0. The molecule has 0 heterocycles. The molecule has 0 atom stereocenters. The first kappa shape index (κ1) is 50.9. The third-order valence-corrected chi connectivity index (χ3v) is 11.1. The van der Waals surface area contributed by atoms with Crippen molar-refractivity contribution in [3.63, 3.8) is 0 Å². The molecule has 0 aliphatic heterocycles. The number of ether oxygens (including phenoxy) is 2. The van der Waals surface area contributed by atoms with E-state index in [0.29, 0.717) is 19.6 Å². The third kappa shape index (κ3) is 31.2. The summed E-state index contributed by atoms with van der Waals surface area (Å²) < 4.78 is 11.4. The first-order chi connectivity index (χ1) is 25.0. The minimum atomic E-state index is -0.418. The molecule has 0 aliphatic carbocycles. The van der Waals surface area contributed by atoms with Gasteiger partial charge in [-0.05, 0) is 89.6 Å². The summed E-state index contributed by atoms with van der Waals surface area (Å²) in [6.07, 6.45) is 32.6. The van der Waals surface area contributed by atoms with Gasteiger partial charge in [0.1, 0.15) is 0 Å². The van der Waals surface area contributed by atoms with Crippen molar-refractivity contribution in [2.24, 2.45) is 16.7 Å². The van der Waals surface area contributed by atoms with Crippen molar-refractivity contribution in [2.75, 3.05) is 39.5 Å². The molecule has 6 nitrogen and oxygen atoms in total. The van der Waals surface area contributed by atoms with E-state index >= 15 is 0 Å². The Labute approximate surface area is 324 Å². The second-order valence-electron chi connectivity index (χ2n) is 17.6. The Morgan fingerprint density at radius 2 is 1.04 bits per heavy atom. The number of hydrogen-bond acceptors (Lipinski definition) is 6. The standard InChI is InChI=1S/C46H91NO5/c1-8-11-14-15-16-17-23-33-43(49)52-41-45(4,5)34-24-20-27-37-47(38-29-39-48)36-26-19-18-25-35-46(6,7)44(50)51-40-28-32-42(30-21-12-9-2)31-22-13-10-3/h42,48H,8-41H2,1-7H3. The number of nitrogens with zero attached hydrogens (tertiary/aromatic N) is 1. The van der Waals surface area contributed by atoms with Crippen molar-refractivity contribution in [1.29, 1.82) is 0 Å². The highest BCUT2D eigenvalue weighted by atomic mass is 16.5. The van der Waals surface area contributed by atoms with Gasteiger partial charge in [-0.3, -0.25) is 9.59 Å². The van der Waals surface area contributed by atoms with Crippen LogP contribution in [0.3, 0.4) is 0 Å². The molecule has 6 heteroatoms. The molecule has 0 aromatic rings. The lowest BCUT2D eigenvalue weighted by Crippen LogP contribution is -2.28. The van der Waals surface area contributed by atoms with Crippen LogP contribution in [0.1, 0.15) is 228 Å². The Hall–Kier alpha value is -1.14. The third-order valence-electron chi connectivity index (χ3n) is 11.1. The average molecular weight is 738 g/mol. The normalized spacial score (nSPS) is 12.3. The molecule has 0 fully saturated rings. The second-order valence-corrected chi connectivity index (χ2v) is 17.6. The predicted octanol–water partition coefficient (Wildman–Crippen LogP) is 13.0. The SMILES string of the molecule is CCCCCCCCCC(=O)OCC(C)(C)CCCCCN(CCCO)CCCCCCC(C)(C)C(=O)OCCCC(CCCCC)CCCCC. The van der Waals surface area contributed by atoms with Gasteiger partial charge in [-0.25, -0.2) is 0 Å². The van der Waals surface area contributed by atoms with Crippen LogP contribution in [0.4, 0.5) is 0 Å². The number of hydrogen-bond donors (Lipinski definition) is 1. The molecule has 0 unspecified atom stereocenters. The van der Waals surface area contributed by atoms with Gasteiger partial charge in [0.15, 0.2) is 0 Å². The average Bonchev–Trinajstić information content (AvgIpc) is 3.11. The summed E-state index contributed by atoms with van der Waals surface area (Å²) in [5.41, 5.74) is -0.402. The summed E-state index contributed by atoms with van der Waals surface area (Å²) in [5, 5.41) is 9.44. The molecule has 0 aromatic carbocycles. The van der Waals surface area contributed by atoms with E-state index in [1.165, 1.54) is 103 Å². The molecule has 0 saturated heterocycles. The van der Waals surface area contributed by atoms with E-state index in [2.05, 4.69) is 53.4 Å². The molecule has 52 heavy (non-hydrogen) atoms. The van der Waals surface area contributed by atoms with Crippen molar-refractivity contribution in [1.82, 2.24) is 4.90 Å². The van der Waals surface area contributed by atoms with E-state index in [0.717, 1.165) is 96.2 Å². The van der Waals surface area contributed by atoms with Gasteiger partial charge < -0.3 is 19.5 Å². The lowest BCUT2D eigenvalue weighted by atomic mass is 9.87. The highest BCUT2D eigenvalue weighted by Crippen LogP contribution is 2.28. The number of esters is 2. The Kier molecular flexibility index (Phi) is 33.6. The largest absolute Gasteiger partial charge is 0.465 e. The van der Waals surface area contributed by atoms with Crippen molar-refractivity contribution < 1.29 is 24.2 Å². The number of unbranched alkanes of at least 4 members (excludes halogenated alkanes) is 15. The van der Waals surface area contributed by atoms with Crippen LogP contribution in [-0.4, -0.2) is 61.4 Å². The van der Waals surface area contributed by atoms with Crippen molar-refractivity contribution in [2.45, 2.75) is 228 Å². The summed E-state index contributed by atoms with van der Waals surface area (Å²) >= 11 is 0. The van der Waals surface area contributed by atoms with E-state index in [9.17, 15) is 14.7 Å². The molecule has 0 amide bonds. The summed E-state index contributed by atoms with van der Waals surface area (Å²) in [5.74, 6) is 0.724. The maximum absolute atomic E-state index is 12.9. The number of rotatable bonds is 39. The van der Waals surface area contributed by atoms with Crippen molar-refractivity contribution >= 4 is 11.9 Å². The molecule has 0 spiro atoms. The highest BCUT2D eigenvalue weighted by molar-refractivity contribution is 5.75. The second kappa shape index (κ2) is 34.4. The summed E-state index contributed by atoms with van der Waals surface area (Å²) in [6, 6.07) is 0. The van der Waals surface area contributed by atoms with Crippen molar-refractivity contribution in [3.8, 4) is 0 Å². The van der Waals surface area contributed by atoms with Gasteiger partial charge >= 0.3 is 11.9 Å². The molecule has 0 saturated carbocycles. The minimum Gasteiger partial charge on any atom is -0.465 e. The zero-order valence-corrected chi connectivity index (χ0v) is 36.1. The fourth-order valence-electron chi connectivity index (χ4n) is 7.28. The highest BCUT2D eigenvalue weighted by Gasteiger charge is 2.28. The van der Waals surface area contributed by atoms with Crippen molar-refractivity contribution in [3.05, 3.63) is 0 Å². The molecule has 0 aromatic heterocycles. The predicted molar refractivity (Wildman–Crippen MR) is 223 cm³/mol. The van der Waals surface area contributed by atoms with Crippen LogP contribution in [0.25, 0.3) is 0 Å². The number of aliphatic hydroxyl groups is 1. The number of carbonyl (C=O) groups excluding carboxylic acids is 2. The zero-order valence-electron chi connectivity index (χ0n) is 36.1. The molecule has 0 bridgehead atoms. The number of aliphatic hydroxyl groups excluding tert-OH is 1. The molecule has 0 radical (unpaired) electrons. The van der Waals surface area contributed by atoms with Crippen LogP contribution in [0.5, 0.6) is 0 Å². The fourth-order valence-corrected chi connectivity index (χ4v) is 7.28. The van der Waals surface area contributed by atoms with Gasteiger partial charge in [-0.2, -0.15) is 0 Å². The van der Waals surface area contributed by atoms with E-state index in [1.807, 2.05) is 0 Å². The maximum Gasteiger partial charge on any atom is 0.311 e. The van der Waals surface area contributed by atoms with Gasteiger partial charge in [0.2, 0.25) is 0 Å². The Morgan fingerprint density at radius 1 is 0.558 bits per heavy atom. The molecule has 0 aliphatic rings. The van der Waals surface area contributed by atoms with Gasteiger partial charge in [0.25, 0.3) is 0 Å². The smallest absolute Gasteiger partial charge is 0.311 e. The quantitative estimate of drug-likeness (QED) is 0.0500. The van der Waals surface area contributed by atoms with Crippen LogP contribution >= 0.6 is 0 Å². The summed E-state index contributed by atoms with van der Waals surface area (Å²) in [6.45, 7) is 19.7. The van der Waals surface area contributed by atoms with E-state index < -0.39 is 5.41 Å². The first-order valence-electron chi connectivity index (χ1n) is 22.7. The van der Waals surface area contributed by atoms with Gasteiger partial charge in [-0.1, -0.05) is 157 Å². The Bertz CT molecular complexity index is 803. The van der Waals surface area contributed by atoms with E-state index in [1.54, 1.807) is 0 Å². The molecule has 310 valence electrons. The Morgan fingerprint density at radius 3 is 1.65 bits per heavy atom. The summed E-state index contributed by atoms with van der Waals surface area (Å²) in [4.78, 5) is 27.7. The maximum atomic E-state index is 12.9. The van der Waals surface area contributed by atoms with Crippen LogP contribution < -0.4 is 0 Å². The van der Waals surface area contributed by atoms with Gasteiger partial charge in [0.05, 0.1) is 18.6 Å². The van der Waals surface area contributed by atoms with Crippen LogP contribution in [0.2, 0.25) is 0 Å². The van der Waals surface area contributed by atoms with Crippen LogP contribution in [0, 0.1) is 16.7 Å². The minimum absolute atomic E-state index is 0.0163. The molecular weight excluding hydrogens is 647 g/mol. The van der Waals surface area contributed by atoms with Crippen LogP contribution in [0.15, 0.2) is 0 Å². The van der Waals surface area contributed by atoms with Crippen LogP contribution in [-0.2, 0) is 19.1 Å². The topological polar surface area (TPSA) is 76.1 Å². The molecule has 0 rings (SSSR count). The van der Waals surface area contributed by atoms with Gasteiger partial charge in [0, 0.05) is 19.6 Å². The lowest BCUT2D eigenvalue weighted by molar-refractivity contribution is -0.154. The van der Waals surface area contributed by atoms with E-state index in [-0.39, 0.29) is 24.0 Å². The molecular formula is C46H91NO5. The zero-order chi connectivity index (χ0) is 38.8. The first-order valence-corrected chi connectivity index (χ1v) is 22.7. The lowest BCUT2D eigenvalue weighted by Gasteiger charge is -2.25. The van der Waals surface area contributed by atoms with E-state index in [4.69, 9.17) is 9.47 Å². The fraction of sp³-hybridized carbons (Fsp3) is 0.957. The molecule has 1 N–H and O–H groups in total. The Balaban J connectivity index is 4.20. The number of carbonyl (C=O) groups is 2.